The summed E-state index contributed by atoms with van der Waals surface area (Å²) >= 11 is 0. The lowest BCUT2D eigenvalue weighted by molar-refractivity contribution is -0.129. The molecule has 1 heterocycles. The third-order valence-electron chi connectivity index (χ3n) is 4.75. The molecule has 0 aliphatic carbocycles. The number of anilines is 5. The highest BCUT2D eigenvalue weighted by Gasteiger charge is 2.10. The number of benzene rings is 2. The number of halogens is 1. The third kappa shape index (κ3) is 8.49. The first kappa shape index (κ1) is 26.3. The lowest BCUT2D eigenvalue weighted by Crippen LogP contribution is -2.19. The van der Waals surface area contributed by atoms with Gasteiger partial charge in [-0.15, -0.1) is 0 Å². The number of carbonyl (C=O) groups is 2. The third-order valence-corrected chi connectivity index (χ3v) is 4.75. The monoisotopic (exact) mass is 498 g/mol. The summed E-state index contributed by atoms with van der Waals surface area (Å²) in [6.07, 6.45) is 1.46. The Hall–Kier alpha value is -4.29. The van der Waals surface area contributed by atoms with Crippen LogP contribution in [0.2, 0.25) is 0 Å². The van der Waals surface area contributed by atoms with Crippen LogP contribution in [-0.4, -0.2) is 47.3 Å². The number of carbonyl (C=O) groups excluding carboxylic acids is 2. The molecular formula is C24H27FN6O5. The number of rotatable bonds is 13. The average Bonchev–Trinajstić information content (AvgIpc) is 2.87. The van der Waals surface area contributed by atoms with Gasteiger partial charge in [0, 0.05) is 37.0 Å². The minimum Gasteiger partial charge on any atom is -0.491 e. The molecule has 0 atom stereocenters. The zero-order valence-electron chi connectivity index (χ0n) is 19.6. The van der Waals surface area contributed by atoms with E-state index in [4.69, 9.17) is 14.7 Å². The molecule has 190 valence electrons. The second-order valence-electron chi connectivity index (χ2n) is 7.52. The van der Waals surface area contributed by atoms with Crippen LogP contribution < -0.4 is 26.2 Å². The van der Waals surface area contributed by atoms with Crippen molar-refractivity contribution in [2.75, 3.05) is 36.3 Å². The predicted octanol–water partition coefficient (Wildman–Crippen LogP) is 3.74. The van der Waals surface area contributed by atoms with Gasteiger partial charge in [0.15, 0.2) is 11.6 Å². The Morgan fingerprint density at radius 2 is 1.72 bits per heavy atom. The summed E-state index contributed by atoms with van der Waals surface area (Å²) in [5, 5.41) is 17.1. The van der Waals surface area contributed by atoms with Crippen LogP contribution in [0.5, 0.6) is 5.75 Å². The Morgan fingerprint density at radius 3 is 2.47 bits per heavy atom. The van der Waals surface area contributed by atoms with E-state index in [1.807, 2.05) is 0 Å². The van der Waals surface area contributed by atoms with Crippen molar-refractivity contribution in [1.82, 2.24) is 15.4 Å². The quantitative estimate of drug-likeness (QED) is 0.135. The van der Waals surface area contributed by atoms with Gasteiger partial charge >= 0.3 is 0 Å². The van der Waals surface area contributed by atoms with E-state index < -0.39 is 11.7 Å². The molecule has 11 nitrogen and oxygen atoms in total. The van der Waals surface area contributed by atoms with Gasteiger partial charge in [-0.2, -0.15) is 4.98 Å². The minimum absolute atomic E-state index is 0.0290. The van der Waals surface area contributed by atoms with Crippen molar-refractivity contribution in [2.45, 2.75) is 19.3 Å². The average molecular weight is 499 g/mol. The number of amides is 2. The van der Waals surface area contributed by atoms with E-state index in [0.29, 0.717) is 36.0 Å². The summed E-state index contributed by atoms with van der Waals surface area (Å²) < 4.78 is 24.9. The van der Waals surface area contributed by atoms with Gasteiger partial charge in [0.1, 0.15) is 12.4 Å². The molecule has 5 N–H and O–H groups in total. The first-order valence-electron chi connectivity index (χ1n) is 11.1. The van der Waals surface area contributed by atoms with Crippen molar-refractivity contribution < 1.29 is 28.7 Å². The highest BCUT2D eigenvalue weighted by atomic mass is 19.1. The normalized spacial score (nSPS) is 10.4. The van der Waals surface area contributed by atoms with Crippen LogP contribution in [-0.2, 0) is 14.3 Å². The van der Waals surface area contributed by atoms with Gasteiger partial charge in [-0.3, -0.25) is 14.8 Å². The van der Waals surface area contributed by atoms with Gasteiger partial charge in [0.2, 0.25) is 17.8 Å². The molecule has 2 aromatic carbocycles. The molecule has 1 aromatic heterocycles. The van der Waals surface area contributed by atoms with Crippen LogP contribution in [0.1, 0.15) is 19.3 Å². The van der Waals surface area contributed by atoms with Crippen LogP contribution in [0.4, 0.5) is 33.2 Å². The maximum Gasteiger partial charge on any atom is 0.243 e. The number of hydrogen-bond acceptors (Lipinski definition) is 9. The zero-order chi connectivity index (χ0) is 25.8. The number of methoxy groups -OCH3 is 1. The molecule has 36 heavy (non-hydrogen) atoms. The number of hydroxylamine groups is 1. The molecule has 2 amide bonds. The summed E-state index contributed by atoms with van der Waals surface area (Å²) in [5.41, 5.74) is 3.18. The Morgan fingerprint density at radius 1 is 0.972 bits per heavy atom. The second kappa shape index (κ2) is 13.6. The van der Waals surface area contributed by atoms with E-state index in [1.165, 1.54) is 5.48 Å². The van der Waals surface area contributed by atoms with Gasteiger partial charge in [0.05, 0.1) is 12.8 Å². The van der Waals surface area contributed by atoms with Crippen LogP contribution in [0, 0.1) is 5.82 Å². The molecular weight excluding hydrogens is 471 g/mol. The van der Waals surface area contributed by atoms with E-state index in [2.05, 4.69) is 25.9 Å². The van der Waals surface area contributed by atoms with Crippen LogP contribution in [0.25, 0.3) is 0 Å². The van der Waals surface area contributed by atoms with Gasteiger partial charge in [-0.05, 0) is 48.9 Å². The fraction of sp³-hybridized carbons (Fsp3) is 0.250. The van der Waals surface area contributed by atoms with Crippen molar-refractivity contribution in [1.29, 1.82) is 0 Å². The number of nitrogens with zero attached hydrogens (tertiary/aromatic N) is 2. The molecule has 0 spiro atoms. The Balaban J connectivity index is 1.59. The van der Waals surface area contributed by atoms with E-state index in [9.17, 15) is 14.0 Å². The second-order valence-corrected chi connectivity index (χ2v) is 7.52. The lowest BCUT2D eigenvalue weighted by atomic mass is 10.2. The van der Waals surface area contributed by atoms with Crippen molar-refractivity contribution >= 4 is 40.6 Å². The molecule has 0 aliphatic heterocycles. The summed E-state index contributed by atoms with van der Waals surface area (Å²) in [6, 6.07) is 13.8. The van der Waals surface area contributed by atoms with Crippen LogP contribution in [0.3, 0.4) is 0 Å². The minimum atomic E-state index is -0.654. The molecule has 0 aliphatic rings. The fourth-order valence-corrected chi connectivity index (χ4v) is 3.02. The van der Waals surface area contributed by atoms with Crippen molar-refractivity contribution in [3.8, 4) is 5.75 Å². The van der Waals surface area contributed by atoms with Crippen LogP contribution in [0.15, 0.2) is 54.7 Å². The molecule has 0 fully saturated rings. The summed E-state index contributed by atoms with van der Waals surface area (Å²) in [4.78, 5) is 31.3. The SMILES string of the molecule is COCCOc1ccc(Nc2ncc(F)c(Nc3cccc(NC(=O)CCCC(=O)NO)c3)n2)cc1. The Bertz CT molecular complexity index is 1160. The number of aromatic nitrogens is 2. The van der Waals surface area contributed by atoms with E-state index in [1.54, 1.807) is 55.6 Å². The molecule has 0 radical (unpaired) electrons. The maximum atomic E-state index is 14.4. The summed E-state index contributed by atoms with van der Waals surface area (Å²) in [5.74, 6) is -0.693. The number of nitrogens with one attached hydrogen (secondary N) is 4. The highest BCUT2D eigenvalue weighted by molar-refractivity contribution is 5.91. The zero-order valence-corrected chi connectivity index (χ0v) is 19.6. The standard InChI is InChI=1S/C24H27FN6O5/c1-35-12-13-36-19-10-8-16(9-11-19)29-24-26-15-20(25)23(30-24)28-18-5-2-4-17(14-18)27-21(32)6-3-7-22(33)31-34/h2,4-5,8-11,14-15,34H,3,6-7,12-13H2,1H3,(H,27,32)(H,31,33)(H2,26,28,29,30). The Labute approximate surface area is 207 Å². The lowest BCUT2D eigenvalue weighted by Gasteiger charge is -2.11. The molecule has 0 bridgehead atoms. The van der Waals surface area contributed by atoms with E-state index in [0.717, 1.165) is 6.20 Å². The van der Waals surface area contributed by atoms with Crippen molar-refractivity contribution in [2.24, 2.45) is 0 Å². The maximum absolute atomic E-state index is 14.4. The molecule has 12 heteroatoms. The molecule has 3 aromatic rings. The molecule has 0 unspecified atom stereocenters. The largest absolute Gasteiger partial charge is 0.491 e. The highest BCUT2D eigenvalue weighted by Crippen LogP contribution is 2.23. The van der Waals surface area contributed by atoms with Gasteiger partial charge in [-0.25, -0.2) is 14.9 Å². The molecule has 3 rings (SSSR count). The topological polar surface area (TPSA) is 147 Å². The molecule has 0 saturated heterocycles. The first-order valence-corrected chi connectivity index (χ1v) is 11.1. The number of hydrogen-bond donors (Lipinski definition) is 5. The van der Waals surface area contributed by atoms with Crippen molar-refractivity contribution in [3.63, 3.8) is 0 Å². The predicted molar refractivity (Wildman–Crippen MR) is 131 cm³/mol. The van der Waals surface area contributed by atoms with E-state index in [-0.39, 0.29) is 36.9 Å². The smallest absolute Gasteiger partial charge is 0.243 e. The molecule has 0 saturated carbocycles. The van der Waals surface area contributed by atoms with Gasteiger partial charge in [-0.1, -0.05) is 6.07 Å². The summed E-state index contributed by atoms with van der Waals surface area (Å²) in [7, 11) is 1.60. The van der Waals surface area contributed by atoms with E-state index >= 15 is 0 Å². The van der Waals surface area contributed by atoms with Gasteiger partial charge in [0.25, 0.3) is 0 Å². The van der Waals surface area contributed by atoms with Crippen LogP contribution >= 0.6 is 0 Å². The first-order chi connectivity index (χ1) is 17.5. The summed E-state index contributed by atoms with van der Waals surface area (Å²) in [6.45, 7) is 0.924. The Kier molecular flexibility index (Phi) is 9.91. The fourth-order valence-electron chi connectivity index (χ4n) is 3.02. The number of ether oxygens (including phenoxy) is 2. The van der Waals surface area contributed by atoms with Gasteiger partial charge < -0.3 is 25.4 Å². The van der Waals surface area contributed by atoms with Crippen molar-refractivity contribution in [3.05, 3.63) is 60.5 Å².